The quantitative estimate of drug-likeness (QED) is 0.752. The first-order valence-electron chi connectivity index (χ1n) is 6.70. The molecule has 0 spiro atoms. The molecule has 1 atom stereocenters. The van der Waals surface area contributed by atoms with E-state index in [2.05, 4.69) is 4.72 Å². The summed E-state index contributed by atoms with van der Waals surface area (Å²) < 4.78 is 37.3. The molecule has 1 saturated heterocycles. The van der Waals surface area contributed by atoms with E-state index in [4.69, 9.17) is 26.8 Å². The standard InChI is InChI=1S/C13H17ClN2O5S/c14-11-6-10(3-4-12(11)21-8-13(15)17)22(18,19)16-7-9-2-1-5-20-9/h3-4,6,9,16H,1-2,5,7-8H2,(H2,15,17)/t9-/m0/s1. The number of hydrogen-bond acceptors (Lipinski definition) is 5. The van der Waals surface area contributed by atoms with Gasteiger partial charge < -0.3 is 15.2 Å². The lowest BCUT2D eigenvalue weighted by atomic mass is 10.2. The predicted molar refractivity (Wildman–Crippen MR) is 80.3 cm³/mol. The molecule has 7 nitrogen and oxygen atoms in total. The Morgan fingerprint density at radius 2 is 2.27 bits per heavy atom. The van der Waals surface area contributed by atoms with Gasteiger partial charge in [-0.2, -0.15) is 0 Å². The number of nitrogens with one attached hydrogen (secondary N) is 1. The summed E-state index contributed by atoms with van der Waals surface area (Å²) in [6, 6.07) is 3.99. The summed E-state index contributed by atoms with van der Waals surface area (Å²) in [6.07, 6.45) is 1.68. The lowest BCUT2D eigenvalue weighted by Gasteiger charge is -2.12. The summed E-state index contributed by atoms with van der Waals surface area (Å²) in [6.45, 7) is 0.549. The Morgan fingerprint density at radius 3 is 2.86 bits per heavy atom. The topological polar surface area (TPSA) is 108 Å². The third kappa shape index (κ3) is 4.57. The zero-order valence-corrected chi connectivity index (χ0v) is 13.3. The lowest BCUT2D eigenvalue weighted by Crippen LogP contribution is -2.31. The van der Waals surface area contributed by atoms with Crippen molar-refractivity contribution >= 4 is 27.5 Å². The molecule has 2 rings (SSSR count). The molecule has 1 heterocycles. The minimum Gasteiger partial charge on any atom is -0.482 e. The molecule has 0 unspecified atom stereocenters. The molecular weight excluding hydrogens is 332 g/mol. The highest BCUT2D eigenvalue weighted by Gasteiger charge is 2.21. The van der Waals surface area contributed by atoms with Gasteiger partial charge in [0.25, 0.3) is 5.91 Å². The number of ether oxygens (including phenoxy) is 2. The van der Waals surface area contributed by atoms with Gasteiger partial charge in [0.1, 0.15) is 5.75 Å². The van der Waals surface area contributed by atoms with E-state index in [0.29, 0.717) is 6.61 Å². The number of carbonyl (C=O) groups is 1. The third-order valence-electron chi connectivity index (χ3n) is 3.11. The SMILES string of the molecule is NC(=O)COc1ccc(S(=O)(=O)NC[C@@H]2CCCO2)cc1Cl. The number of hydrogen-bond donors (Lipinski definition) is 2. The van der Waals surface area contributed by atoms with E-state index >= 15 is 0 Å². The van der Waals surface area contributed by atoms with Crippen molar-refractivity contribution < 1.29 is 22.7 Å². The highest BCUT2D eigenvalue weighted by Crippen LogP contribution is 2.27. The van der Waals surface area contributed by atoms with Crippen molar-refractivity contribution in [1.82, 2.24) is 4.72 Å². The van der Waals surface area contributed by atoms with Crippen LogP contribution in [0.2, 0.25) is 5.02 Å². The fraction of sp³-hybridized carbons (Fsp3) is 0.462. The van der Waals surface area contributed by atoms with E-state index in [9.17, 15) is 13.2 Å². The summed E-state index contributed by atoms with van der Waals surface area (Å²) in [4.78, 5) is 10.7. The Bertz CT molecular complexity index is 644. The van der Waals surface area contributed by atoms with Crippen LogP contribution in [0, 0.1) is 0 Å². The van der Waals surface area contributed by atoms with E-state index in [1.165, 1.54) is 18.2 Å². The van der Waals surface area contributed by atoms with Gasteiger partial charge >= 0.3 is 0 Å². The smallest absolute Gasteiger partial charge is 0.255 e. The normalized spacial score (nSPS) is 18.3. The van der Waals surface area contributed by atoms with Crippen molar-refractivity contribution in [3.05, 3.63) is 23.2 Å². The van der Waals surface area contributed by atoms with Crippen molar-refractivity contribution in [2.24, 2.45) is 5.73 Å². The maximum Gasteiger partial charge on any atom is 0.255 e. The van der Waals surface area contributed by atoms with Crippen molar-refractivity contribution in [3.63, 3.8) is 0 Å². The van der Waals surface area contributed by atoms with Gasteiger partial charge in [0.2, 0.25) is 10.0 Å². The second-order valence-corrected chi connectivity index (χ2v) is 7.01. The van der Waals surface area contributed by atoms with Crippen LogP contribution in [0.3, 0.4) is 0 Å². The number of carbonyl (C=O) groups excluding carboxylic acids is 1. The number of amides is 1. The van der Waals surface area contributed by atoms with Gasteiger partial charge in [-0.25, -0.2) is 13.1 Å². The highest BCUT2D eigenvalue weighted by atomic mass is 35.5. The zero-order chi connectivity index (χ0) is 16.2. The molecule has 0 radical (unpaired) electrons. The van der Waals surface area contributed by atoms with Gasteiger partial charge in [0, 0.05) is 13.2 Å². The molecule has 9 heteroatoms. The Hall–Kier alpha value is -1.35. The van der Waals surface area contributed by atoms with Gasteiger partial charge in [0.05, 0.1) is 16.0 Å². The molecule has 3 N–H and O–H groups in total. The maximum absolute atomic E-state index is 12.2. The van der Waals surface area contributed by atoms with Gasteiger partial charge in [-0.1, -0.05) is 11.6 Å². The van der Waals surface area contributed by atoms with Crippen LogP contribution in [0.4, 0.5) is 0 Å². The van der Waals surface area contributed by atoms with Crippen LogP contribution in [0.25, 0.3) is 0 Å². The molecule has 122 valence electrons. The number of sulfonamides is 1. The summed E-state index contributed by atoms with van der Waals surface area (Å²) in [5.41, 5.74) is 4.96. The molecule has 1 aliphatic heterocycles. The second-order valence-electron chi connectivity index (χ2n) is 4.83. The minimum atomic E-state index is -3.68. The van der Waals surface area contributed by atoms with Gasteiger partial charge in [-0.3, -0.25) is 4.79 Å². The summed E-state index contributed by atoms with van der Waals surface area (Å²) in [5, 5.41) is 0.0845. The van der Waals surface area contributed by atoms with Gasteiger partial charge in [0.15, 0.2) is 6.61 Å². The molecule has 1 aromatic rings. The van der Waals surface area contributed by atoms with Crippen LogP contribution in [0.1, 0.15) is 12.8 Å². The number of nitrogens with two attached hydrogens (primary N) is 1. The number of primary amides is 1. The molecule has 0 bridgehead atoms. The van der Waals surface area contributed by atoms with Crippen LogP contribution in [-0.4, -0.2) is 40.2 Å². The van der Waals surface area contributed by atoms with E-state index in [0.717, 1.165) is 12.8 Å². The Balaban J connectivity index is 2.03. The Labute approximate surface area is 133 Å². The Kier molecular flexibility index (Phi) is 5.63. The summed E-state index contributed by atoms with van der Waals surface area (Å²) in [5.74, 6) is -0.454. The van der Waals surface area contributed by atoms with Crippen molar-refractivity contribution in [2.45, 2.75) is 23.8 Å². The predicted octanol–water partition coefficient (Wildman–Crippen LogP) is 0.661. The summed E-state index contributed by atoms with van der Waals surface area (Å²) >= 11 is 5.95. The first-order chi connectivity index (χ1) is 10.4. The first kappa shape index (κ1) is 17.0. The largest absolute Gasteiger partial charge is 0.482 e. The fourth-order valence-corrected chi connectivity index (χ4v) is 3.40. The minimum absolute atomic E-state index is 0.0157. The molecule has 1 aromatic carbocycles. The Morgan fingerprint density at radius 1 is 1.50 bits per heavy atom. The number of rotatable bonds is 7. The monoisotopic (exact) mass is 348 g/mol. The lowest BCUT2D eigenvalue weighted by molar-refractivity contribution is -0.119. The van der Waals surface area contributed by atoms with E-state index in [1.807, 2.05) is 0 Å². The summed E-state index contributed by atoms with van der Waals surface area (Å²) in [7, 11) is -3.68. The van der Waals surface area contributed by atoms with Gasteiger partial charge in [-0.15, -0.1) is 0 Å². The molecule has 1 aliphatic rings. The van der Waals surface area contributed by atoms with E-state index in [-0.39, 0.29) is 34.9 Å². The number of benzene rings is 1. The third-order valence-corrected chi connectivity index (χ3v) is 4.83. The fourth-order valence-electron chi connectivity index (χ4n) is 2.01. The van der Waals surface area contributed by atoms with Gasteiger partial charge in [-0.05, 0) is 31.0 Å². The molecule has 0 aromatic heterocycles. The van der Waals surface area contributed by atoms with Crippen LogP contribution >= 0.6 is 11.6 Å². The van der Waals surface area contributed by atoms with Crippen molar-refractivity contribution in [2.75, 3.05) is 19.8 Å². The van der Waals surface area contributed by atoms with Crippen LogP contribution in [0.15, 0.2) is 23.1 Å². The molecule has 1 fully saturated rings. The average molecular weight is 349 g/mol. The highest BCUT2D eigenvalue weighted by molar-refractivity contribution is 7.89. The van der Waals surface area contributed by atoms with Crippen molar-refractivity contribution in [3.8, 4) is 5.75 Å². The van der Waals surface area contributed by atoms with Crippen LogP contribution in [-0.2, 0) is 19.6 Å². The molecule has 1 amide bonds. The maximum atomic E-state index is 12.2. The average Bonchev–Trinajstić information content (AvgIpc) is 2.97. The van der Waals surface area contributed by atoms with E-state index < -0.39 is 15.9 Å². The molecule has 0 aliphatic carbocycles. The molecule has 0 saturated carbocycles. The van der Waals surface area contributed by atoms with Crippen LogP contribution < -0.4 is 15.2 Å². The van der Waals surface area contributed by atoms with Crippen LogP contribution in [0.5, 0.6) is 5.75 Å². The van der Waals surface area contributed by atoms with Crippen molar-refractivity contribution in [1.29, 1.82) is 0 Å². The first-order valence-corrected chi connectivity index (χ1v) is 8.56. The zero-order valence-electron chi connectivity index (χ0n) is 11.7. The number of halogens is 1. The van der Waals surface area contributed by atoms with E-state index in [1.54, 1.807) is 0 Å². The second kappa shape index (κ2) is 7.28. The molecular formula is C13H17ClN2O5S. The molecule has 22 heavy (non-hydrogen) atoms.